The number of aromatic nitrogens is 4. The van der Waals surface area contributed by atoms with Crippen molar-refractivity contribution in [1.29, 1.82) is 0 Å². The van der Waals surface area contributed by atoms with Gasteiger partial charge in [-0.25, -0.2) is 4.98 Å². The minimum atomic E-state index is -0.151. The number of H-pyrrole nitrogens is 1. The molecule has 2 heterocycles. The first-order valence-electron chi connectivity index (χ1n) is 8.53. The van der Waals surface area contributed by atoms with Crippen molar-refractivity contribution in [2.24, 2.45) is 5.92 Å². The first-order valence-corrected chi connectivity index (χ1v) is 8.53. The predicted octanol–water partition coefficient (Wildman–Crippen LogP) is 3.11. The third-order valence-electron chi connectivity index (χ3n) is 4.16. The normalized spacial score (nSPS) is 12.5. The van der Waals surface area contributed by atoms with Gasteiger partial charge in [0.25, 0.3) is 0 Å². The average Bonchev–Trinajstić information content (AvgIpc) is 3.01. The highest BCUT2D eigenvalue weighted by atomic mass is 16.1. The molecule has 0 unspecified atom stereocenters. The van der Waals surface area contributed by atoms with Gasteiger partial charge >= 0.3 is 0 Å². The number of hydrogen-bond donors (Lipinski definition) is 2. The van der Waals surface area contributed by atoms with Gasteiger partial charge in [-0.05, 0) is 37.0 Å². The van der Waals surface area contributed by atoms with Gasteiger partial charge in [0, 0.05) is 25.0 Å². The number of carbonyl (C=O) groups excluding carboxylic acids is 1. The molecule has 0 saturated heterocycles. The smallest absolute Gasteiger partial charge is 0.220 e. The maximum atomic E-state index is 12.4. The SMILES string of the molecule is Cc1ccc2nc([C@H](NC(=O)CCc3cnccn3)C(C)C)[nH]c2c1. The van der Waals surface area contributed by atoms with E-state index in [9.17, 15) is 4.79 Å². The van der Waals surface area contributed by atoms with Gasteiger partial charge in [0.05, 0.1) is 22.8 Å². The molecule has 25 heavy (non-hydrogen) atoms. The zero-order valence-electron chi connectivity index (χ0n) is 14.8. The minimum Gasteiger partial charge on any atom is -0.346 e. The summed E-state index contributed by atoms with van der Waals surface area (Å²) >= 11 is 0. The summed E-state index contributed by atoms with van der Waals surface area (Å²) in [6.07, 6.45) is 5.90. The number of rotatable bonds is 6. The highest BCUT2D eigenvalue weighted by Gasteiger charge is 2.21. The fourth-order valence-electron chi connectivity index (χ4n) is 2.79. The van der Waals surface area contributed by atoms with Crippen LogP contribution in [0.2, 0.25) is 0 Å². The number of aryl methyl sites for hydroxylation is 2. The summed E-state index contributed by atoms with van der Waals surface area (Å²) in [6.45, 7) is 6.20. The van der Waals surface area contributed by atoms with E-state index < -0.39 is 0 Å². The van der Waals surface area contributed by atoms with Crippen LogP contribution in [0, 0.1) is 12.8 Å². The Morgan fingerprint density at radius 3 is 2.84 bits per heavy atom. The number of fused-ring (bicyclic) bond motifs is 1. The molecule has 2 N–H and O–H groups in total. The monoisotopic (exact) mass is 337 g/mol. The summed E-state index contributed by atoms with van der Waals surface area (Å²) in [7, 11) is 0. The number of carbonyl (C=O) groups is 1. The zero-order valence-corrected chi connectivity index (χ0v) is 14.8. The second-order valence-corrected chi connectivity index (χ2v) is 6.63. The van der Waals surface area contributed by atoms with Crippen LogP contribution in [-0.2, 0) is 11.2 Å². The van der Waals surface area contributed by atoms with Crippen molar-refractivity contribution in [2.75, 3.05) is 0 Å². The van der Waals surface area contributed by atoms with Crippen LogP contribution in [-0.4, -0.2) is 25.8 Å². The summed E-state index contributed by atoms with van der Waals surface area (Å²) in [5.41, 5.74) is 3.91. The van der Waals surface area contributed by atoms with Crippen molar-refractivity contribution in [3.63, 3.8) is 0 Å². The number of aromatic amines is 1. The van der Waals surface area contributed by atoms with Gasteiger partial charge in [-0.3, -0.25) is 14.8 Å². The van der Waals surface area contributed by atoms with Crippen molar-refractivity contribution in [3.8, 4) is 0 Å². The molecule has 0 aliphatic carbocycles. The first kappa shape index (κ1) is 17.1. The molecule has 6 nitrogen and oxygen atoms in total. The van der Waals surface area contributed by atoms with Crippen molar-refractivity contribution in [2.45, 2.75) is 39.7 Å². The van der Waals surface area contributed by atoms with E-state index in [1.54, 1.807) is 18.6 Å². The van der Waals surface area contributed by atoms with E-state index in [4.69, 9.17) is 0 Å². The van der Waals surface area contributed by atoms with Gasteiger partial charge in [-0.15, -0.1) is 0 Å². The van der Waals surface area contributed by atoms with Crippen LogP contribution in [0.1, 0.15) is 43.4 Å². The zero-order chi connectivity index (χ0) is 17.8. The molecule has 130 valence electrons. The maximum Gasteiger partial charge on any atom is 0.220 e. The number of benzene rings is 1. The number of nitrogens with one attached hydrogen (secondary N) is 2. The molecule has 0 saturated carbocycles. The van der Waals surface area contributed by atoms with E-state index in [1.807, 2.05) is 19.1 Å². The summed E-state index contributed by atoms with van der Waals surface area (Å²) in [5, 5.41) is 3.10. The lowest BCUT2D eigenvalue weighted by molar-refractivity contribution is -0.122. The Kier molecular flexibility index (Phi) is 5.07. The highest BCUT2D eigenvalue weighted by molar-refractivity contribution is 5.78. The van der Waals surface area contributed by atoms with E-state index >= 15 is 0 Å². The molecular weight excluding hydrogens is 314 g/mol. The Labute approximate surface area is 147 Å². The largest absolute Gasteiger partial charge is 0.346 e. The van der Waals surface area contributed by atoms with Crippen LogP contribution in [0.4, 0.5) is 0 Å². The standard InChI is InChI=1S/C19H23N5O/c1-12(2)18(19-22-15-6-4-13(3)10-16(15)23-19)24-17(25)7-5-14-11-20-8-9-21-14/h4,6,8-12,18H,5,7H2,1-3H3,(H,22,23)(H,24,25)/t18-/m1/s1. The van der Waals surface area contributed by atoms with Crippen LogP contribution in [0.15, 0.2) is 36.8 Å². The molecule has 0 aliphatic rings. The molecule has 0 spiro atoms. The number of nitrogens with zero attached hydrogens (tertiary/aromatic N) is 3. The van der Waals surface area contributed by atoms with Crippen LogP contribution in [0.25, 0.3) is 11.0 Å². The topological polar surface area (TPSA) is 83.6 Å². The Morgan fingerprint density at radius 2 is 2.12 bits per heavy atom. The van der Waals surface area contributed by atoms with Gasteiger partial charge in [-0.2, -0.15) is 0 Å². The average molecular weight is 337 g/mol. The second-order valence-electron chi connectivity index (χ2n) is 6.63. The summed E-state index contributed by atoms with van der Waals surface area (Å²) in [4.78, 5) is 28.6. The highest BCUT2D eigenvalue weighted by Crippen LogP contribution is 2.23. The van der Waals surface area contributed by atoms with E-state index in [0.717, 1.165) is 22.6 Å². The molecule has 3 aromatic rings. The molecule has 0 aliphatic heterocycles. The molecule has 1 atom stereocenters. The van der Waals surface area contributed by atoms with E-state index in [-0.39, 0.29) is 17.9 Å². The van der Waals surface area contributed by atoms with Crippen molar-refractivity contribution < 1.29 is 4.79 Å². The van der Waals surface area contributed by atoms with Crippen molar-refractivity contribution in [1.82, 2.24) is 25.3 Å². The predicted molar refractivity (Wildman–Crippen MR) is 96.9 cm³/mol. The molecule has 0 fully saturated rings. The minimum absolute atomic E-state index is 0.0130. The van der Waals surface area contributed by atoms with Crippen LogP contribution < -0.4 is 5.32 Å². The Morgan fingerprint density at radius 1 is 1.28 bits per heavy atom. The lowest BCUT2D eigenvalue weighted by atomic mass is 10.0. The van der Waals surface area contributed by atoms with Crippen molar-refractivity contribution >= 4 is 16.9 Å². The van der Waals surface area contributed by atoms with Gasteiger partial charge in [0.2, 0.25) is 5.91 Å². The van der Waals surface area contributed by atoms with Gasteiger partial charge in [-0.1, -0.05) is 19.9 Å². The molecule has 0 radical (unpaired) electrons. The fourth-order valence-corrected chi connectivity index (χ4v) is 2.79. The third-order valence-corrected chi connectivity index (χ3v) is 4.16. The van der Waals surface area contributed by atoms with E-state index in [1.165, 1.54) is 5.56 Å². The molecule has 0 bridgehead atoms. The first-order chi connectivity index (χ1) is 12.0. The van der Waals surface area contributed by atoms with Crippen LogP contribution in [0.3, 0.4) is 0 Å². The Hall–Kier alpha value is -2.76. The quantitative estimate of drug-likeness (QED) is 0.724. The van der Waals surface area contributed by atoms with Gasteiger partial charge in [0.15, 0.2) is 0 Å². The lowest BCUT2D eigenvalue weighted by Crippen LogP contribution is -2.32. The summed E-state index contributed by atoms with van der Waals surface area (Å²) in [5.74, 6) is 1.01. The number of hydrogen-bond acceptors (Lipinski definition) is 4. The Balaban J connectivity index is 1.70. The van der Waals surface area contributed by atoms with Gasteiger partial charge < -0.3 is 10.3 Å². The third kappa shape index (κ3) is 4.21. The molecule has 2 aromatic heterocycles. The molecule has 1 aromatic carbocycles. The summed E-state index contributed by atoms with van der Waals surface area (Å²) in [6, 6.07) is 5.95. The number of imidazole rings is 1. The molecule has 6 heteroatoms. The van der Waals surface area contributed by atoms with E-state index in [2.05, 4.69) is 45.2 Å². The van der Waals surface area contributed by atoms with Crippen LogP contribution in [0.5, 0.6) is 0 Å². The fraction of sp³-hybridized carbons (Fsp3) is 0.368. The maximum absolute atomic E-state index is 12.4. The second kappa shape index (κ2) is 7.42. The van der Waals surface area contributed by atoms with Gasteiger partial charge in [0.1, 0.15) is 5.82 Å². The van der Waals surface area contributed by atoms with Crippen molar-refractivity contribution in [3.05, 3.63) is 53.9 Å². The van der Waals surface area contributed by atoms with Crippen LogP contribution >= 0.6 is 0 Å². The molecule has 1 amide bonds. The molecule has 3 rings (SSSR count). The summed E-state index contributed by atoms with van der Waals surface area (Å²) < 4.78 is 0. The number of amides is 1. The molecular formula is C19H23N5O. The van der Waals surface area contributed by atoms with E-state index in [0.29, 0.717) is 12.8 Å². The lowest BCUT2D eigenvalue weighted by Gasteiger charge is -2.20. The Bertz CT molecular complexity index is 857.